The van der Waals surface area contributed by atoms with Crippen LogP contribution in [-0.2, 0) is 0 Å². The van der Waals surface area contributed by atoms with Gasteiger partial charge in [-0.25, -0.2) is 0 Å². The van der Waals surface area contributed by atoms with Crippen LogP contribution < -0.4 is 0 Å². The Morgan fingerprint density at radius 3 is 0.812 bits per heavy atom. The minimum atomic E-state index is 0. The highest BCUT2D eigenvalue weighted by molar-refractivity contribution is 5.02. The van der Waals surface area contributed by atoms with Crippen LogP contribution in [0.25, 0.3) is 0 Å². The third kappa shape index (κ3) is 23.5. The van der Waals surface area contributed by atoms with Gasteiger partial charge in [0.25, 0.3) is 0 Å². The van der Waals surface area contributed by atoms with Crippen LogP contribution in [0.2, 0.25) is 0 Å². The normalized spacial score (nSPS) is 10.9. The summed E-state index contributed by atoms with van der Waals surface area (Å²) >= 11 is 0. The summed E-state index contributed by atoms with van der Waals surface area (Å²) in [4.78, 5) is 0. The van der Waals surface area contributed by atoms with E-state index in [0.29, 0.717) is 10.8 Å². The predicted molar refractivity (Wildman–Crippen MR) is 80.0 cm³/mol. The Morgan fingerprint density at radius 1 is 0.625 bits per heavy atom. The molecule has 0 heteroatoms. The zero-order valence-corrected chi connectivity index (χ0v) is 12.7. The van der Waals surface area contributed by atoms with Gasteiger partial charge in [-0.3, -0.25) is 0 Å². The van der Waals surface area contributed by atoms with Crippen molar-refractivity contribution in [3.63, 3.8) is 0 Å². The van der Waals surface area contributed by atoms with E-state index in [1.165, 1.54) is 17.6 Å². The second-order valence-electron chi connectivity index (χ2n) is 7.30. The number of rotatable bonds is 0. The second-order valence-corrected chi connectivity index (χ2v) is 7.30. The summed E-state index contributed by atoms with van der Waals surface area (Å²) in [7, 11) is 0. The van der Waals surface area contributed by atoms with Crippen molar-refractivity contribution in [3.05, 3.63) is 11.1 Å². The van der Waals surface area contributed by atoms with Crippen molar-refractivity contribution in [2.75, 3.05) is 0 Å². The van der Waals surface area contributed by atoms with Gasteiger partial charge in [0.15, 0.2) is 0 Å². The smallest absolute Gasteiger partial charge is 0.0378 e. The van der Waals surface area contributed by atoms with Gasteiger partial charge < -0.3 is 0 Å². The first-order valence-corrected chi connectivity index (χ1v) is 5.96. The van der Waals surface area contributed by atoms with Gasteiger partial charge in [-0.15, -0.1) is 0 Å². The van der Waals surface area contributed by atoms with E-state index in [-0.39, 0.29) is 7.43 Å². The van der Waals surface area contributed by atoms with Crippen molar-refractivity contribution in [1.29, 1.82) is 0 Å². The molecule has 0 rings (SSSR count). The minimum Gasteiger partial charge on any atom is -0.0778 e. The molecule has 0 aromatic rings. The van der Waals surface area contributed by atoms with E-state index >= 15 is 0 Å². The molecule has 0 aliphatic rings. The molecule has 0 aromatic carbocycles. The Balaban J connectivity index is -0.000000214. The molecule has 0 saturated carbocycles. The van der Waals surface area contributed by atoms with Crippen LogP contribution in [0.4, 0.5) is 0 Å². The number of hydrogen-bond donors (Lipinski definition) is 0. The summed E-state index contributed by atoms with van der Waals surface area (Å²) in [5.41, 5.74) is 3.82. The molecule has 0 bridgehead atoms. The van der Waals surface area contributed by atoms with Crippen molar-refractivity contribution in [2.24, 2.45) is 10.8 Å². The van der Waals surface area contributed by atoms with E-state index in [1.54, 1.807) is 0 Å². The topological polar surface area (TPSA) is 0 Å². The molecule has 0 unspecified atom stereocenters. The first-order valence-electron chi connectivity index (χ1n) is 5.96. The molecule has 0 fully saturated rings. The molecule has 0 radical (unpaired) electrons. The van der Waals surface area contributed by atoms with Crippen LogP contribution in [0.1, 0.15) is 83.1 Å². The molecule has 0 atom stereocenters. The summed E-state index contributed by atoms with van der Waals surface area (Å²) < 4.78 is 0. The lowest BCUT2D eigenvalue weighted by molar-refractivity contribution is 0.233. The van der Waals surface area contributed by atoms with E-state index in [4.69, 9.17) is 0 Å². The van der Waals surface area contributed by atoms with Gasteiger partial charge in [0.05, 0.1) is 0 Å². The molecule has 0 aliphatic heterocycles. The maximum Gasteiger partial charge on any atom is -0.0378 e. The fourth-order valence-electron chi connectivity index (χ4n) is 1.59. The van der Waals surface area contributed by atoms with E-state index in [2.05, 4.69) is 69.2 Å². The molecular weight excluding hydrogens is 192 g/mol. The fourth-order valence-corrected chi connectivity index (χ4v) is 1.59. The summed E-state index contributed by atoms with van der Waals surface area (Å²) in [6.45, 7) is 22.2. The van der Waals surface area contributed by atoms with Gasteiger partial charge >= 0.3 is 0 Å². The van der Waals surface area contributed by atoms with Crippen molar-refractivity contribution < 1.29 is 0 Å². The Labute approximate surface area is 106 Å². The zero-order valence-electron chi connectivity index (χ0n) is 12.7. The molecule has 100 valence electrons. The van der Waals surface area contributed by atoms with Crippen LogP contribution in [0.5, 0.6) is 0 Å². The highest BCUT2D eigenvalue weighted by atomic mass is 14.3. The third-order valence-corrected chi connectivity index (χ3v) is 2.06. The van der Waals surface area contributed by atoms with E-state index < -0.39 is 0 Å². The van der Waals surface area contributed by atoms with Crippen LogP contribution in [-0.4, -0.2) is 0 Å². The Bertz CT molecular complexity index is 163. The molecule has 0 aliphatic carbocycles. The Hall–Kier alpha value is -0.260. The van der Waals surface area contributed by atoms with Crippen molar-refractivity contribution in [2.45, 2.75) is 83.1 Å². The molecule has 0 aromatic heterocycles. The first kappa shape index (κ1) is 21.1. The van der Waals surface area contributed by atoms with Gasteiger partial charge in [-0.2, -0.15) is 0 Å². The molecular formula is C16H36. The maximum atomic E-state index is 2.29. The van der Waals surface area contributed by atoms with Crippen LogP contribution in [0, 0.1) is 10.8 Å². The van der Waals surface area contributed by atoms with Crippen LogP contribution in [0.3, 0.4) is 0 Å². The van der Waals surface area contributed by atoms with Crippen molar-refractivity contribution in [1.82, 2.24) is 0 Å². The average Bonchev–Trinajstić information content (AvgIpc) is 1.78. The quantitative estimate of drug-likeness (QED) is 0.417. The molecule has 0 heterocycles. The minimum absolute atomic E-state index is 0. The summed E-state index contributed by atoms with van der Waals surface area (Å²) in [6, 6.07) is 0. The van der Waals surface area contributed by atoms with Gasteiger partial charge in [0.2, 0.25) is 0 Å². The molecule has 0 amide bonds. The standard InChI is InChI=1S/C9H20.C6H12.CH4/c1-8(2,3)7-9(4,5)6;1-5(2)6(3)4;/h7H2,1-6H3;1-4H3;1H4. The highest BCUT2D eigenvalue weighted by Crippen LogP contribution is 2.31. The average molecular weight is 228 g/mol. The Kier molecular flexibility index (Phi) is 10.4. The third-order valence-electron chi connectivity index (χ3n) is 2.06. The van der Waals surface area contributed by atoms with Gasteiger partial charge in [0, 0.05) is 0 Å². The molecule has 16 heavy (non-hydrogen) atoms. The molecule has 0 saturated heterocycles. The van der Waals surface area contributed by atoms with Gasteiger partial charge in [-0.05, 0) is 44.9 Å². The van der Waals surface area contributed by atoms with E-state index in [0.717, 1.165) is 0 Å². The highest BCUT2D eigenvalue weighted by Gasteiger charge is 2.20. The lowest BCUT2D eigenvalue weighted by atomic mass is 9.78. The first-order chi connectivity index (χ1) is 6.35. The van der Waals surface area contributed by atoms with E-state index in [1.807, 2.05) is 0 Å². The van der Waals surface area contributed by atoms with Crippen LogP contribution in [0.15, 0.2) is 11.1 Å². The van der Waals surface area contributed by atoms with Crippen molar-refractivity contribution in [3.8, 4) is 0 Å². The van der Waals surface area contributed by atoms with Gasteiger partial charge in [0.1, 0.15) is 0 Å². The predicted octanol–water partition coefficient (Wildman–Crippen LogP) is 6.47. The molecule has 0 spiro atoms. The van der Waals surface area contributed by atoms with Crippen molar-refractivity contribution >= 4 is 0 Å². The van der Waals surface area contributed by atoms with Gasteiger partial charge in [-0.1, -0.05) is 60.1 Å². The largest absolute Gasteiger partial charge is 0.0778 e. The Morgan fingerprint density at radius 2 is 0.812 bits per heavy atom. The summed E-state index contributed by atoms with van der Waals surface area (Å²) in [5.74, 6) is 0. The van der Waals surface area contributed by atoms with Crippen LogP contribution >= 0.6 is 0 Å². The summed E-state index contributed by atoms with van der Waals surface area (Å²) in [5, 5.41) is 0. The SMILES string of the molecule is C.CC(C)(C)CC(C)(C)C.CC(C)=C(C)C. The lowest BCUT2D eigenvalue weighted by Gasteiger charge is -2.28. The monoisotopic (exact) mass is 228 g/mol. The van der Waals surface area contributed by atoms with E-state index in [9.17, 15) is 0 Å². The zero-order chi connectivity index (χ0) is 12.9. The second kappa shape index (κ2) is 7.92. The lowest BCUT2D eigenvalue weighted by Crippen LogP contribution is -2.16. The fraction of sp³-hybridized carbons (Fsp3) is 0.875. The maximum absolute atomic E-state index is 2.29. The molecule has 0 N–H and O–H groups in total. The number of hydrogen-bond acceptors (Lipinski definition) is 0. The number of allylic oxidation sites excluding steroid dienone is 2. The summed E-state index contributed by atoms with van der Waals surface area (Å²) in [6.07, 6.45) is 1.29. The molecule has 0 nitrogen and oxygen atoms in total.